The van der Waals surface area contributed by atoms with Crippen molar-refractivity contribution >= 4 is 15.5 Å². The van der Waals surface area contributed by atoms with Gasteiger partial charge in [0.2, 0.25) is 5.88 Å². The van der Waals surface area contributed by atoms with Gasteiger partial charge in [-0.3, -0.25) is 0 Å². The quantitative estimate of drug-likeness (QED) is 0.860. The Kier molecular flexibility index (Phi) is 3.71. The number of methoxy groups -OCH3 is 1. The van der Waals surface area contributed by atoms with Crippen molar-refractivity contribution in [2.24, 2.45) is 0 Å². The molecule has 5 nitrogen and oxygen atoms in total. The molecule has 0 spiro atoms. The molecule has 0 aliphatic rings. The van der Waals surface area contributed by atoms with Crippen LogP contribution in [-0.4, -0.2) is 20.5 Å². The van der Waals surface area contributed by atoms with Gasteiger partial charge < -0.3 is 10.5 Å². The molecule has 100 valence electrons. The van der Waals surface area contributed by atoms with E-state index >= 15 is 0 Å². The summed E-state index contributed by atoms with van der Waals surface area (Å²) in [5, 5.41) is 0. The van der Waals surface area contributed by atoms with Crippen LogP contribution in [0.4, 0.5) is 5.69 Å². The van der Waals surface area contributed by atoms with E-state index in [4.69, 9.17) is 10.5 Å². The van der Waals surface area contributed by atoms with Crippen molar-refractivity contribution in [2.75, 3.05) is 12.8 Å². The van der Waals surface area contributed by atoms with E-state index < -0.39 is 9.84 Å². The Balaban J connectivity index is 2.28. The van der Waals surface area contributed by atoms with E-state index in [0.29, 0.717) is 17.1 Å². The average Bonchev–Trinajstić information content (AvgIpc) is 2.39. The molecule has 1 aromatic heterocycles. The van der Waals surface area contributed by atoms with Crippen LogP contribution in [0.1, 0.15) is 5.56 Å². The lowest BCUT2D eigenvalue weighted by Gasteiger charge is -2.06. The van der Waals surface area contributed by atoms with Crippen molar-refractivity contribution < 1.29 is 13.2 Å². The highest BCUT2D eigenvalue weighted by Crippen LogP contribution is 2.19. The molecular weight excluding hydrogens is 264 g/mol. The zero-order chi connectivity index (χ0) is 13.9. The van der Waals surface area contributed by atoms with Crippen LogP contribution in [0.5, 0.6) is 5.88 Å². The van der Waals surface area contributed by atoms with Crippen molar-refractivity contribution in [1.82, 2.24) is 4.98 Å². The minimum absolute atomic E-state index is 0.101. The summed E-state index contributed by atoms with van der Waals surface area (Å²) >= 11 is 0. The Morgan fingerprint density at radius 3 is 2.53 bits per heavy atom. The summed E-state index contributed by atoms with van der Waals surface area (Å²) in [4.78, 5) is 4.19. The number of nitrogens with two attached hydrogens (primary N) is 1. The van der Waals surface area contributed by atoms with Crippen LogP contribution < -0.4 is 10.5 Å². The predicted molar refractivity (Wildman–Crippen MR) is 72.5 cm³/mol. The van der Waals surface area contributed by atoms with E-state index in [1.807, 2.05) is 0 Å². The van der Waals surface area contributed by atoms with E-state index in [9.17, 15) is 8.42 Å². The van der Waals surface area contributed by atoms with Gasteiger partial charge in [-0.1, -0.05) is 0 Å². The van der Waals surface area contributed by atoms with Crippen LogP contribution in [0.15, 0.2) is 47.5 Å². The molecule has 0 radical (unpaired) electrons. The molecule has 0 bridgehead atoms. The minimum atomic E-state index is -3.39. The third-order valence-corrected chi connectivity index (χ3v) is 4.31. The van der Waals surface area contributed by atoms with Crippen molar-refractivity contribution in [2.45, 2.75) is 10.6 Å². The van der Waals surface area contributed by atoms with Gasteiger partial charge >= 0.3 is 0 Å². The molecule has 0 fully saturated rings. The summed E-state index contributed by atoms with van der Waals surface area (Å²) in [6.07, 6.45) is 1.52. The van der Waals surface area contributed by atoms with Crippen LogP contribution in [0.25, 0.3) is 0 Å². The second-order valence-electron chi connectivity index (χ2n) is 4.03. The topological polar surface area (TPSA) is 82.3 Å². The lowest BCUT2D eigenvalue weighted by Crippen LogP contribution is -2.05. The van der Waals surface area contributed by atoms with Gasteiger partial charge in [0, 0.05) is 18.0 Å². The Morgan fingerprint density at radius 1 is 1.21 bits per heavy atom. The lowest BCUT2D eigenvalue weighted by molar-refractivity contribution is 0.397. The molecule has 2 rings (SSSR count). The number of nitrogen functional groups attached to an aromatic ring is 1. The van der Waals surface area contributed by atoms with Crippen molar-refractivity contribution in [3.8, 4) is 5.88 Å². The molecule has 0 amide bonds. The predicted octanol–water partition coefficient (Wildman–Crippen LogP) is 1.65. The Labute approximate surface area is 112 Å². The van der Waals surface area contributed by atoms with Crippen LogP contribution in [0, 0.1) is 0 Å². The Bertz CT molecular complexity index is 667. The highest BCUT2D eigenvalue weighted by atomic mass is 32.2. The molecular formula is C13H14N2O3S. The maximum atomic E-state index is 12.2. The average molecular weight is 278 g/mol. The molecule has 0 atom stereocenters. The fourth-order valence-electron chi connectivity index (χ4n) is 1.63. The Morgan fingerprint density at radius 2 is 1.89 bits per heavy atom. The van der Waals surface area contributed by atoms with Crippen LogP contribution in [0.2, 0.25) is 0 Å². The van der Waals surface area contributed by atoms with E-state index in [2.05, 4.69) is 4.98 Å². The minimum Gasteiger partial charge on any atom is -0.481 e. The molecule has 2 aromatic rings. The molecule has 1 heterocycles. The van der Waals surface area contributed by atoms with E-state index in [1.165, 1.54) is 25.4 Å². The first-order valence-corrected chi connectivity index (χ1v) is 7.24. The second-order valence-corrected chi connectivity index (χ2v) is 6.02. The fraction of sp³-hybridized carbons (Fsp3) is 0.154. The third kappa shape index (κ3) is 3.23. The first-order chi connectivity index (χ1) is 9.01. The van der Waals surface area contributed by atoms with Crippen LogP contribution in [-0.2, 0) is 15.6 Å². The van der Waals surface area contributed by atoms with Gasteiger partial charge in [-0.05, 0) is 35.9 Å². The maximum Gasteiger partial charge on any atom is 0.213 e. The number of hydrogen-bond donors (Lipinski definition) is 1. The first-order valence-electron chi connectivity index (χ1n) is 5.58. The highest BCUT2D eigenvalue weighted by molar-refractivity contribution is 7.90. The summed E-state index contributed by atoms with van der Waals surface area (Å²) in [7, 11) is -1.91. The number of hydrogen-bond acceptors (Lipinski definition) is 5. The number of nitrogens with zero attached hydrogens (tertiary/aromatic N) is 1. The molecule has 0 unspecified atom stereocenters. The normalized spacial score (nSPS) is 11.2. The van der Waals surface area contributed by atoms with Gasteiger partial charge in [0.15, 0.2) is 9.84 Å². The monoisotopic (exact) mass is 278 g/mol. The summed E-state index contributed by atoms with van der Waals surface area (Å²) in [6.45, 7) is 0. The molecule has 0 aliphatic carbocycles. The van der Waals surface area contributed by atoms with Gasteiger partial charge in [-0.25, -0.2) is 13.4 Å². The van der Waals surface area contributed by atoms with Crippen LogP contribution in [0.3, 0.4) is 0 Å². The smallest absolute Gasteiger partial charge is 0.213 e. The van der Waals surface area contributed by atoms with Gasteiger partial charge in [-0.15, -0.1) is 0 Å². The molecule has 6 heteroatoms. The van der Waals surface area contributed by atoms with E-state index in [1.54, 1.807) is 24.3 Å². The number of anilines is 1. The second kappa shape index (κ2) is 5.27. The number of sulfone groups is 1. The van der Waals surface area contributed by atoms with Gasteiger partial charge in [0.05, 0.1) is 17.8 Å². The first kappa shape index (κ1) is 13.4. The van der Waals surface area contributed by atoms with E-state index in [0.717, 1.165) is 0 Å². The summed E-state index contributed by atoms with van der Waals surface area (Å²) in [5.74, 6) is 0.292. The standard InChI is InChI=1S/C13H14N2O3S/c1-18-13-8-10(6-7-15-13)9-19(16,17)12-4-2-11(14)3-5-12/h2-8H,9,14H2,1H3. The molecule has 1 aromatic carbocycles. The number of aromatic nitrogens is 1. The summed E-state index contributed by atoms with van der Waals surface area (Å²) in [5.41, 5.74) is 6.70. The number of ether oxygens (including phenoxy) is 1. The highest BCUT2D eigenvalue weighted by Gasteiger charge is 2.15. The SMILES string of the molecule is COc1cc(CS(=O)(=O)c2ccc(N)cc2)ccn1. The van der Waals surface area contributed by atoms with Gasteiger partial charge in [-0.2, -0.15) is 0 Å². The largest absolute Gasteiger partial charge is 0.481 e. The maximum absolute atomic E-state index is 12.2. The number of benzene rings is 1. The van der Waals surface area contributed by atoms with Crippen molar-refractivity contribution in [3.05, 3.63) is 48.2 Å². The molecule has 2 N–H and O–H groups in total. The summed E-state index contributed by atoms with van der Waals surface area (Å²) in [6, 6.07) is 9.40. The number of rotatable bonds is 4. The number of pyridine rings is 1. The van der Waals surface area contributed by atoms with Gasteiger partial charge in [0.1, 0.15) is 0 Å². The lowest BCUT2D eigenvalue weighted by atomic mass is 10.3. The van der Waals surface area contributed by atoms with E-state index in [-0.39, 0.29) is 10.6 Å². The molecule has 0 aliphatic heterocycles. The molecule has 0 saturated heterocycles. The van der Waals surface area contributed by atoms with Gasteiger partial charge in [0.25, 0.3) is 0 Å². The summed E-state index contributed by atoms with van der Waals surface area (Å²) < 4.78 is 29.4. The third-order valence-electron chi connectivity index (χ3n) is 2.60. The molecule has 0 saturated carbocycles. The molecule has 19 heavy (non-hydrogen) atoms. The van der Waals surface area contributed by atoms with Crippen molar-refractivity contribution in [1.29, 1.82) is 0 Å². The zero-order valence-corrected chi connectivity index (χ0v) is 11.2. The fourth-order valence-corrected chi connectivity index (χ4v) is 2.97. The Hall–Kier alpha value is -2.08. The zero-order valence-electron chi connectivity index (χ0n) is 10.4. The van der Waals surface area contributed by atoms with Crippen molar-refractivity contribution in [3.63, 3.8) is 0 Å². The van der Waals surface area contributed by atoms with Crippen LogP contribution >= 0.6 is 0 Å².